The molecule has 6 nitrogen and oxygen atoms in total. The molecule has 1 aromatic carbocycles. The third-order valence-corrected chi connectivity index (χ3v) is 5.21. The van der Waals surface area contributed by atoms with Crippen molar-refractivity contribution in [1.82, 2.24) is 19.9 Å². The number of aryl methyl sites for hydroxylation is 1. The fraction of sp³-hybridized carbons (Fsp3) is 0.333. The molecule has 0 saturated carbocycles. The molecule has 1 saturated heterocycles. The average Bonchev–Trinajstić information content (AvgIpc) is 2.71. The molecule has 139 valence electrons. The van der Waals surface area contributed by atoms with Crippen LogP contribution in [0, 0.1) is 6.92 Å². The first-order chi connectivity index (χ1) is 13.2. The van der Waals surface area contributed by atoms with Crippen molar-refractivity contribution in [3.63, 3.8) is 0 Å². The molecule has 0 atom stereocenters. The van der Waals surface area contributed by atoms with Crippen LogP contribution in [-0.4, -0.2) is 34.2 Å². The van der Waals surface area contributed by atoms with Gasteiger partial charge in [0.05, 0.1) is 17.5 Å². The highest BCUT2D eigenvalue weighted by Crippen LogP contribution is 2.29. The minimum Gasteiger partial charge on any atom is -0.369 e. The Morgan fingerprint density at radius 1 is 1.26 bits per heavy atom. The number of rotatable bonds is 4. The molecule has 0 spiro atoms. The van der Waals surface area contributed by atoms with Crippen LogP contribution in [-0.2, 0) is 7.05 Å². The van der Waals surface area contributed by atoms with Gasteiger partial charge in [0.25, 0.3) is 5.56 Å². The van der Waals surface area contributed by atoms with E-state index in [9.17, 15) is 4.79 Å². The molecule has 0 unspecified atom stereocenters. The van der Waals surface area contributed by atoms with Crippen molar-refractivity contribution in [2.75, 3.05) is 25.0 Å². The molecule has 1 fully saturated rings. The monoisotopic (exact) mass is 362 g/mol. The van der Waals surface area contributed by atoms with E-state index in [0.29, 0.717) is 29.2 Å². The van der Waals surface area contributed by atoms with Crippen LogP contribution in [0.4, 0.5) is 5.82 Å². The maximum Gasteiger partial charge on any atom is 0.264 e. The van der Waals surface area contributed by atoms with Gasteiger partial charge in [-0.05, 0) is 50.4 Å². The van der Waals surface area contributed by atoms with Gasteiger partial charge in [-0.15, -0.1) is 0 Å². The Morgan fingerprint density at radius 3 is 2.70 bits per heavy atom. The number of hydrogen-bond donors (Lipinski definition) is 2. The smallest absolute Gasteiger partial charge is 0.264 e. The number of anilines is 1. The second-order valence-electron chi connectivity index (χ2n) is 6.98. The Bertz CT molecular complexity index is 1000. The molecule has 3 heterocycles. The number of fused-ring (bicyclic) bond motifs is 1. The molecule has 1 radical (unpaired) electrons. The van der Waals surface area contributed by atoms with Gasteiger partial charge in [-0.25, -0.2) is 9.97 Å². The predicted octanol–water partition coefficient (Wildman–Crippen LogP) is 2.71. The number of hydrogen-bond acceptors (Lipinski definition) is 5. The summed E-state index contributed by atoms with van der Waals surface area (Å²) in [6.45, 7) is 6.43. The molecule has 27 heavy (non-hydrogen) atoms. The lowest BCUT2D eigenvalue weighted by molar-refractivity contribution is 0.460. The number of nitrogens with one attached hydrogen (secondary N) is 2. The summed E-state index contributed by atoms with van der Waals surface area (Å²) in [5, 5.41) is 7.02. The molecule has 0 amide bonds. The second-order valence-corrected chi connectivity index (χ2v) is 6.98. The zero-order valence-corrected chi connectivity index (χ0v) is 15.5. The van der Waals surface area contributed by atoms with Crippen LogP contribution >= 0.6 is 0 Å². The van der Waals surface area contributed by atoms with Gasteiger partial charge in [-0.2, -0.15) is 0 Å². The summed E-state index contributed by atoms with van der Waals surface area (Å²) in [7, 11) is 1.69. The lowest BCUT2D eigenvalue weighted by Crippen LogP contribution is -2.26. The highest BCUT2D eigenvalue weighted by Gasteiger charge is 2.16. The third kappa shape index (κ3) is 3.45. The third-order valence-electron chi connectivity index (χ3n) is 5.21. The number of pyridine rings is 1. The Kier molecular flexibility index (Phi) is 4.90. The highest BCUT2D eigenvalue weighted by molar-refractivity contribution is 5.91. The summed E-state index contributed by atoms with van der Waals surface area (Å²) in [6, 6.07) is 10.5. The highest BCUT2D eigenvalue weighted by atomic mass is 16.1. The van der Waals surface area contributed by atoms with Crippen molar-refractivity contribution in [2.24, 2.45) is 7.05 Å². The molecule has 4 rings (SSSR count). The fourth-order valence-corrected chi connectivity index (χ4v) is 3.70. The van der Waals surface area contributed by atoms with Crippen LogP contribution in [0.2, 0.25) is 0 Å². The van der Waals surface area contributed by atoms with Crippen molar-refractivity contribution >= 4 is 16.7 Å². The SMILES string of the molecule is [CH2]CNc1nc(-c2ccc(C3CCNCC3)cc2)cc2ncn(C)c(=O)c12. The molecule has 2 N–H and O–H groups in total. The predicted molar refractivity (Wildman–Crippen MR) is 109 cm³/mol. The number of benzene rings is 1. The molecular formula is C21H24N5O. The second kappa shape index (κ2) is 7.48. The van der Waals surface area contributed by atoms with E-state index >= 15 is 0 Å². The largest absolute Gasteiger partial charge is 0.369 e. The number of piperidine rings is 1. The van der Waals surface area contributed by atoms with E-state index in [1.807, 2.05) is 6.07 Å². The molecule has 6 heteroatoms. The quantitative estimate of drug-likeness (QED) is 0.747. The average molecular weight is 362 g/mol. The number of nitrogens with zero attached hydrogens (tertiary/aromatic N) is 3. The van der Waals surface area contributed by atoms with Crippen molar-refractivity contribution < 1.29 is 0 Å². The molecule has 0 bridgehead atoms. The topological polar surface area (TPSA) is 71.8 Å². The van der Waals surface area contributed by atoms with Gasteiger partial charge in [0, 0.05) is 19.2 Å². The molecule has 1 aliphatic rings. The Morgan fingerprint density at radius 2 is 2.00 bits per heavy atom. The first kappa shape index (κ1) is 17.7. The Hall–Kier alpha value is -2.73. The van der Waals surface area contributed by atoms with E-state index in [4.69, 9.17) is 4.98 Å². The van der Waals surface area contributed by atoms with Crippen molar-refractivity contribution in [1.29, 1.82) is 0 Å². The lowest BCUT2D eigenvalue weighted by atomic mass is 9.89. The maximum absolute atomic E-state index is 12.5. The van der Waals surface area contributed by atoms with Crippen LogP contribution in [0.15, 0.2) is 41.5 Å². The molecule has 3 aromatic rings. The first-order valence-corrected chi connectivity index (χ1v) is 9.38. The van der Waals surface area contributed by atoms with E-state index in [0.717, 1.165) is 24.3 Å². The lowest BCUT2D eigenvalue weighted by Gasteiger charge is -2.23. The minimum atomic E-state index is -0.115. The van der Waals surface area contributed by atoms with Gasteiger partial charge < -0.3 is 15.2 Å². The van der Waals surface area contributed by atoms with Crippen LogP contribution in [0.25, 0.3) is 22.2 Å². The van der Waals surface area contributed by atoms with E-state index < -0.39 is 0 Å². The van der Waals surface area contributed by atoms with Gasteiger partial charge in [0.1, 0.15) is 11.2 Å². The van der Waals surface area contributed by atoms with E-state index in [1.165, 1.54) is 23.0 Å². The molecular weight excluding hydrogens is 338 g/mol. The van der Waals surface area contributed by atoms with Crippen LogP contribution < -0.4 is 16.2 Å². The van der Waals surface area contributed by atoms with E-state index in [-0.39, 0.29) is 5.56 Å². The van der Waals surface area contributed by atoms with E-state index in [1.54, 1.807) is 13.4 Å². The summed E-state index contributed by atoms with van der Waals surface area (Å²) in [4.78, 5) is 21.6. The van der Waals surface area contributed by atoms with Crippen molar-refractivity contribution in [2.45, 2.75) is 18.8 Å². The maximum atomic E-state index is 12.5. The van der Waals surface area contributed by atoms with E-state index in [2.05, 4.69) is 46.8 Å². The number of aromatic nitrogens is 3. The normalized spacial score (nSPS) is 15.2. The zero-order valence-electron chi connectivity index (χ0n) is 15.5. The molecule has 0 aliphatic carbocycles. The molecule has 1 aliphatic heterocycles. The van der Waals surface area contributed by atoms with Crippen LogP contribution in [0.3, 0.4) is 0 Å². The van der Waals surface area contributed by atoms with Crippen molar-refractivity contribution in [3.05, 3.63) is 59.5 Å². The Labute approximate surface area is 158 Å². The van der Waals surface area contributed by atoms with Gasteiger partial charge in [-0.3, -0.25) is 4.79 Å². The van der Waals surface area contributed by atoms with Gasteiger partial charge in [-0.1, -0.05) is 24.3 Å². The summed E-state index contributed by atoms with van der Waals surface area (Å²) in [5.74, 6) is 1.16. The summed E-state index contributed by atoms with van der Waals surface area (Å²) in [5.41, 5.74) is 3.72. The molecule has 2 aromatic heterocycles. The van der Waals surface area contributed by atoms with Crippen molar-refractivity contribution in [3.8, 4) is 11.3 Å². The summed E-state index contributed by atoms with van der Waals surface area (Å²) in [6.07, 6.45) is 3.90. The zero-order chi connectivity index (χ0) is 18.8. The summed E-state index contributed by atoms with van der Waals surface area (Å²) >= 11 is 0. The Balaban J connectivity index is 1.75. The van der Waals surface area contributed by atoms with Crippen LogP contribution in [0.1, 0.15) is 24.3 Å². The first-order valence-electron chi connectivity index (χ1n) is 9.38. The fourth-order valence-electron chi connectivity index (χ4n) is 3.70. The van der Waals surface area contributed by atoms with Gasteiger partial charge in [0.15, 0.2) is 0 Å². The van der Waals surface area contributed by atoms with Gasteiger partial charge in [0.2, 0.25) is 0 Å². The van der Waals surface area contributed by atoms with Crippen LogP contribution in [0.5, 0.6) is 0 Å². The van der Waals surface area contributed by atoms with Gasteiger partial charge >= 0.3 is 0 Å². The standard InChI is InChI=1S/C21H24N5O/c1-3-23-20-19-18(24-13-26(2)21(19)27)12-17(25-20)16-6-4-14(5-7-16)15-8-10-22-11-9-15/h4-7,12-13,15,22H,1,3,8-11H2,2H3,(H,23,25). The summed E-state index contributed by atoms with van der Waals surface area (Å²) < 4.78 is 1.46. The minimum absolute atomic E-state index is 0.115.